The predicted molar refractivity (Wildman–Crippen MR) is 76.5 cm³/mol. The van der Waals surface area contributed by atoms with E-state index in [2.05, 4.69) is 0 Å². The topological polar surface area (TPSA) is 115 Å². The summed E-state index contributed by atoms with van der Waals surface area (Å²) in [6.07, 6.45) is -1.50. The molecular formula is C16H15NO6. The highest BCUT2D eigenvalue weighted by Gasteiger charge is 2.67. The van der Waals surface area contributed by atoms with Crippen LogP contribution in [0.2, 0.25) is 0 Å². The number of carboxylic acid groups (broad SMARTS) is 1. The van der Waals surface area contributed by atoms with Crippen LogP contribution in [0.15, 0.2) is 24.3 Å². The fourth-order valence-corrected chi connectivity index (χ4v) is 4.46. The summed E-state index contributed by atoms with van der Waals surface area (Å²) in [7, 11) is 0. The fraction of sp³-hybridized carbons (Fsp3) is 0.438. The van der Waals surface area contributed by atoms with Crippen LogP contribution in [0.4, 0.5) is 5.69 Å². The molecule has 1 heterocycles. The van der Waals surface area contributed by atoms with Gasteiger partial charge in [0.05, 0.1) is 35.3 Å². The summed E-state index contributed by atoms with van der Waals surface area (Å²) < 4.78 is 0. The normalized spacial score (nSPS) is 38.3. The molecule has 2 aliphatic carbocycles. The molecule has 3 N–H and O–H groups in total. The maximum absolute atomic E-state index is 12.7. The van der Waals surface area contributed by atoms with Gasteiger partial charge >= 0.3 is 5.97 Å². The summed E-state index contributed by atoms with van der Waals surface area (Å²) in [5, 5.41) is 29.1. The summed E-state index contributed by atoms with van der Waals surface area (Å²) in [4.78, 5) is 37.5. The Morgan fingerprint density at radius 2 is 1.61 bits per heavy atom. The van der Waals surface area contributed by atoms with Crippen molar-refractivity contribution in [2.24, 2.45) is 23.7 Å². The van der Waals surface area contributed by atoms with Gasteiger partial charge < -0.3 is 15.3 Å². The van der Waals surface area contributed by atoms with E-state index in [1.165, 1.54) is 24.3 Å². The van der Waals surface area contributed by atoms with Crippen molar-refractivity contribution in [3.63, 3.8) is 0 Å². The second kappa shape index (κ2) is 4.62. The SMILES string of the molecule is O=C(O)c1cccc(N2C(=O)C3C4CC(C3C2=O)[C@H](O)C4O)c1. The second-order valence-corrected chi connectivity index (χ2v) is 6.46. The maximum Gasteiger partial charge on any atom is 0.335 e. The summed E-state index contributed by atoms with van der Waals surface area (Å²) in [6.45, 7) is 0. The molecule has 0 spiro atoms. The third-order valence-electron chi connectivity index (χ3n) is 5.44. The van der Waals surface area contributed by atoms with Crippen molar-refractivity contribution in [1.29, 1.82) is 0 Å². The van der Waals surface area contributed by atoms with Gasteiger partial charge in [0.25, 0.3) is 0 Å². The molecule has 3 fully saturated rings. The minimum atomic E-state index is -1.14. The van der Waals surface area contributed by atoms with Crippen LogP contribution in [0.3, 0.4) is 0 Å². The van der Waals surface area contributed by atoms with Crippen LogP contribution in [0.25, 0.3) is 0 Å². The Morgan fingerprint density at radius 3 is 2.13 bits per heavy atom. The van der Waals surface area contributed by atoms with Gasteiger partial charge in [-0.3, -0.25) is 14.5 Å². The third-order valence-corrected chi connectivity index (χ3v) is 5.44. The standard InChI is InChI=1S/C16H15NO6/c18-12-8-5-9(13(12)19)11-10(8)14(20)17(15(11)21)7-3-1-2-6(4-7)16(22)23/h1-4,8-13,18-19H,5H2,(H,22,23)/t8?,9?,10?,11?,12-,13?/m0/s1. The number of carbonyl (C=O) groups excluding carboxylic acids is 2. The lowest BCUT2D eigenvalue weighted by Crippen LogP contribution is -2.43. The van der Waals surface area contributed by atoms with Gasteiger partial charge in [-0.25, -0.2) is 4.79 Å². The number of fused-ring (bicyclic) bond motifs is 5. The number of hydrogen-bond acceptors (Lipinski definition) is 5. The predicted octanol–water partition coefficient (Wildman–Crippen LogP) is -0.138. The molecule has 120 valence electrons. The molecule has 7 nitrogen and oxygen atoms in total. The van der Waals surface area contributed by atoms with Gasteiger partial charge in [-0.15, -0.1) is 0 Å². The number of rotatable bonds is 2. The first-order valence-corrected chi connectivity index (χ1v) is 7.49. The Morgan fingerprint density at radius 1 is 1.04 bits per heavy atom. The molecule has 1 aromatic carbocycles. The number of carbonyl (C=O) groups is 3. The molecular weight excluding hydrogens is 302 g/mol. The van der Waals surface area contributed by atoms with E-state index in [0.717, 1.165) is 4.90 Å². The summed E-state index contributed by atoms with van der Waals surface area (Å²) >= 11 is 0. The lowest BCUT2D eigenvalue weighted by atomic mass is 9.78. The highest BCUT2D eigenvalue weighted by molar-refractivity contribution is 6.22. The number of aliphatic hydroxyl groups is 2. The van der Waals surface area contributed by atoms with Crippen LogP contribution in [0.5, 0.6) is 0 Å². The van der Waals surface area contributed by atoms with E-state index in [-0.39, 0.29) is 11.3 Å². The first kappa shape index (κ1) is 14.3. The van der Waals surface area contributed by atoms with Gasteiger partial charge in [-0.2, -0.15) is 0 Å². The van der Waals surface area contributed by atoms with Crippen molar-refractivity contribution in [2.45, 2.75) is 18.6 Å². The van der Waals surface area contributed by atoms with Crippen molar-refractivity contribution in [2.75, 3.05) is 4.90 Å². The average Bonchev–Trinajstić information content (AvgIpc) is 3.12. The number of hydrogen-bond donors (Lipinski definition) is 3. The number of benzene rings is 1. The molecule has 1 aliphatic heterocycles. The minimum absolute atomic E-state index is 0.0109. The zero-order valence-corrected chi connectivity index (χ0v) is 12.0. The number of carboxylic acids is 1. The largest absolute Gasteiger partial charge is 0.478 e. The molecule has 1 aromatic rings. The van der Waals surface area contributed by atoms with Crippen molar-refractivity contribution in [3.8, 4) is 0 Å². The van der Waals surface area contributed by atoms with Crippen LogP contribution < -0.4 is 4.90 Å². The smallest absolute Gasteiger partial charge is 0.335 e. The molecule has 3 aliphatic rings. The van der Waals surface area contributed by atoms with Crippen LogP contribution in [0.1, 0.15) is 16.8 Å². The molecule has 0 radical (unpaired) electrons. The monoisotopic (exact) mass is 317 g/mol. The van der Waals surface area contributed by atoms with Crippen molar-refractivity contribution in [3.05, 3.63) is 29.8 Å². The van der Waals surface area contributed by atoms with E-state index in [1.807, 2.05) is 0 Å². The molecule has 4 rings (SSSR count). The number of aromatic carboxylic acids is 1. The first-order valence-electron chi connectivity index (χ1n) is 7.49. The molecule has 0 aromatic heterocycles. The van der Waals surface area contributed by atoms with E-state index >= 15 is 0 Å². The van der Waals surface area contributed by atoms with Crippen molar-refractivity contribution in [1.82, 2.24) is 0 Å². The molecule has 23 heavy (non-hydrogen) atoms. The lowest BCUT2D eigenvalue weighted by Gasteiger charge is -2.29. The van der Waals surface area contributed by atoms with Gasteiger partial charge in [-0.05, 0) is 24.6 Å². The van der Waals surface area contributed by atoms with E-state index < -0.39 is 53.7 Å². The van der Waals surface area contributed by atoms with E-state index in [9.17, 15) is 24.6 Å². The summed E-state index contributed by atoms with van der Waals surface area (Å²) in [5.41, 5.74) is 0.209. The van der Waals surface area contributed by atoms with Crippen LogP contribution >= 0.6 is 0 Å². The van der Waals surface area contributed by atoms with E-state index in [4.69, 9.17) is 5.11 Å². The van der Waals surface area contributed by atoms with Crippen LogP contribution in [-0.4, -0.2) is 45.3 Å². The fourth-order valence-electron chi connectivity index (χ4n) is 4.46. The van der Waals surface area contributed by atoms with Gasteiger partial charge in [0.2, 0.25) is 11.8 Å². The maximum atomic E-state index is 12.7. The number of aliphatic hydroxyl groups excluding tert-OH is 2. The summed E-state index contributed by atoms with van der Waals surface area (Å²) in [5.74, 6) is -4.05. The highest BCUT2D eigenvalue weighted by atomic mass is 16.4. The van der Waals surface area contributed by atoms with Gasteiger partial charge in [0, 0.05) is 11.8 Å². The number of anilines is 1. The molecule has 2 saturated carbocycles. The highest BCUT2D eigenvalue weighted by Crippen LogP contribution is 2.56. The zero-order chi connectivity index (χ0) is 16.5. The van der Waals surface area contributed by atoms with Crippen molar-refractivity contribution >= 4 is 23.5 Å². The minimum Gasteiger partial charge on any atom is -0.478 e. The van der Waals surface area contributed by atoms with Crippen molar-refractivity contribution < 1.29 is 29.7 Å². The Hall–Kier alpha value is -2.25. The lowest BCUT2D eigenvalue weighted by molar-refractivity contribution is -0.129. The summed E-state index contributed by atoms with van der Waals surface area (Å²) in [6, 6.07) is 5.66. The molecule has 6 atom stereocenters. The third kappa shape index (κ3) is 1.74. The quantitative estimate of drug-likeness (QED) is 0.654. The van der Waals surface area contributed by atoms with Crippen LogP contribution in [0, 0.1) is 23.7 Å². The number of imide groups is 1. The molecule has 5 unspecified atom stereocenters. The zero-order valence-electron chi connectivity index (χ0n) is 12.0. The Labute approximate surface area is 131 Å². The second-order valence-electron chi connectivity index (χ2n) is 6.46. The molecule has 1 saturated heterocycles. The van der Waals surface area contributed by atoms with Gasteiger partial charge in [0.1, 0.15) is 0 Å². The molecule has 7 heteroatoms. The Kier molecular flexibility index (Phi) is 2.88. The van der Waals surface area contributed by atoms with E-state index in [0.29, 0.717) is 6.42 Å². The van der Waals surface area contributed by atoms with E-state index in [1.54, 1.807) is 0 Å². The van der Waals surface area contributed by atoms with Crippen LogP contribution in [-0.2, 0) is 9.59 Å². The number of amides is 2. The van der Waals surface area contributed by atoms with Gasteiger partial charge in [-0.1, -0.05) is 6.07 Å². The average molecular weight is 317 g/mol. The molecule has 2 bridgehead atoms. The number of nitrogens with zero attached hydrogens (tertiary/aromatic N) is 1. The Bertz CT molecular complexity index is 699. The van der Waals surface area contributed by atoms with Gasteiger partial charge in [0.15, 0.2) is 0 Å². The molecule has 2 amide bonds. The Balaban J connectivity index is 1.73. The first-order chi connectivity index (χ1) is 10.9.